The summed E-state index contributed by atoms with van der Waals surface area (Å²) < 4.78 is 0. The normalized spacial score (nSPS) is 24.0. The lowest BCUT2D eigenvalue weighted by Crippen LogP contribution is -2.43. The molecule has 3 heteroatoms. The van der Waals surface area contributed by atoms with Gasteiger partial charge in [-0.2, -0.15) is 5.26 Å². The minimum atomic E-state index is 0.633. The maximum absolute atomic E-state index is 9.12. The third-order valence-corrected chi connectivity index (χ3v) is 5.59. The zero-order valence-corrected chi connectivity index (χ0v) is 14.6. The van der Waals surface area contributed by atoms with Crippen LogP contribution in [-0.4, -0.2) is 35.5 Å². The molecule has 0 spiro atoms. The highest BCUT2D eigenvalue weighted by Gasteiger charge is 2.34. The topological polar surface area (TPSA) is 30.3 Å². The maximum Gasteiger partial charge on any atom is 0.0991 e. The molecule has 5 rings (SSSR count). The predicted octanol–water partition coefficient (Wildman–Crippen LogP) is 3.65. The first-order chi connectivity index (χ1) is 12.3. The minimum absolute atomic E-state index is 0.633. The molecule has 3 fully saturated rings. The van der Waals surface area contributed by atoms with Crippen LogP contribution in [0.25, 0.3) is 0 Å². The molecule has 2 bridgehead atoms. The highest BCUT2D eigenvalue weighted by molar-refractivity contribution is 5.32. The Morgan fingerprint density at radius 2 is 1.72 bits per heavy atom. The third-order valence-electron chi connectivity index (χ3n) is 5.59. The minimum Gasteiger partial charge on any atom is -0.297 e. The molecular formula is C22H25N3. The molecule has 0 aromatic heterocycles. The first-order valence-corrected chi connectivity index (χ1v) is 9.29. The molecule has 128 valence electrons. The number of hydrogen-bond donors (Lipinski definition) is 0. The van der Waals surface area contributed by atoms with Crippen molar-refractivity contribution in [3.05, 3.63) is 71.3 Å². The number of rotatable bonds is 4. The van der Waals surface area contributed by atoms with Crippen molar-refractivity contribution in [3.8, 4) is 6.07 Å². The Bertz CT molecular complexity index is 749. The first-order valence-electron chi connectivity index (χ1n) is 9.29. The van der Waals surface area contributed by atoms with Gasteiger partial charge in [-0.3, -0.25) is 9.80 Å². The Morgan fingerprint density at radius 3 is 2.56 bits per heavy atom. The van der Waals surface area contributed by atoms with E-state index in [1.54, 1.807) is 0 Å². The summed E-state index contributed by atoms with van der Waals surface area (Å²) >= 11 is 0. The molecule has 2 aromatic rings. The Kier molecular flexibility index (Phi) is 4.83. The smallest absolute Gasteiger partial charge is 0.0991 e. The zero-order valence-electron chi connectivity index (χ0n) is 14.6. The third kappa shape index (κ3) is 3.92. The fourth-order valence-electron chi connectivity index (χ4n) is 4.41. The highest BCUT2D eigenvalue weighted by atomic mass is 15.3. The predicted molar refractivity (Wildman–Crippen MR) is 99.8 cm³/mol. The fourth-order valence-corrected chi connectivity index (χ4v) is 4.41. The molecule has 3 saturated heterocycles. The Labute approximate surface area is 150 Å². The van der Waals surface area contributed by atoms with Crippen molar-refractivity contribution < 1.29 is 0 Å². The van der Waals surface area contributed by atoms with E-state index in [1.807, 2.05) is 18.2 Å². The van der Waals surface area contributed by atoms with Crippen LogP contribution in [0.3, 0.4) is 0 Å². The summed E-state index contributed by atoms with van der Waals surface area (Å²) in [6, 6.07) is 21.8. The van der Waals surface area contributed by atoms with E-state index in [-0.39, 0.29) is 0 Å². The summed E-state index contributed by atoms with van der Waals surface area (Å²) in [4.78, 5) is 5.29. The van der Waals surface area contributed by atoms with Gasteiger partial charge in [-0.15, -0.1) is 0 Å². The van der Waals surface area contributed by atoms with Gasteiger partial charge in [0.25, 0.3) is 0 Å². The Hall–Kier alpha value is -2.15. The SMILES string of the molecule is N#Cc1cccc(CN2C[C@H]3CC[C@@H]2CN(Cc2ccccc2)C3)c1. The Morgan fingerprint density at radius 1 is 0.880 bits per heavy atom. The lowest BCUT2D eigenvalue weighted by Gasteiger charge is -2.36. The summed E-state index contributed by atoms with van der Waals surface area (Å²) in [5, 5.41) is 9.12. The Balaban J connectivity index is 1.45. The zero-order chi connectivity index (χ0) is 17.1. The number of piperidine rings is 1. The number of benzene rings is 2. The van der Waals surface area contributed by atoms with Crippen molar-refractivity contribution in [1.29, 1.82) is 5.26 Å². The van der Waals surface area contributed by atoms with Crippen LogP contribution in [-0.2, 0) is 13.1 Å². The summed E-state index contributed by atoms with van der Waals surface area (Å²) in [5.74, 6) is 0.765. The summed E-state index contributed by atoms with van der Waals surface area (Å²) in [5.41, 5.74) is 3.45. The molecule has 0 amide bonds. The van der Waals surface area contributed by atoms with E-state index in [1.165, 1.54) is 37.1 Å². The summed E-state index contributed by atoms with van der Waals surface area (Å²) in [6.45, 7) is 5.58. The number of hydrogen-bond acceptors (Lipinski definition) is 3. The molecule has 3 aliphatic heterocycles. The van der Waals surface area contributed by atoms with Gasteiger partial charge < -0.3 is 0 Å². The molecule has 0 aliphatic carbocycles. The summed E-state index contributed by atoms with van der Waals surface area (Å²) in [6.07, 6.45) is 2.65. The van der Waals surface area contributed by atoms with E-state index >= 15 is 0 Å². The van der Waals surface area contributed by atoms with Gasteiger partial charge in [0, 0.05) is 38.8 Å². The molecule has 0 radical (unpaired) electrons. The van der Waals surface area contributed by atoms with Crippen molar-refractivity contribution in [2.45, 2.75) is 32.0 Å². The van der Waals surface area contributed by atoms with Gasteiger partial charge >= 0.3 is 0 Å². The largest absolute Gasteiger partial charge is 0.297 e. The average Bonchev–Trinajstić information content (AvgIpc) is 2.93. The second kappa shape index (κ2) is 7.39. The van der Waals surface area contributed by atoms with Crippen LogP contribution in [0, 0.1) is 17.2 Å². The van der Waals surface area contributed by atoms with Crippen LogP contribution in [0.15, 0.2) is 54.6 Å². The molecule has 2 aromatic carbocycles. The van der Waals surface area contributed by atoms with Crippen molar-refractivity contribution in [2.75, 3.05) is 19.6 Å². The van der Waals surface area contributed by atoms with E-state index in [2.05, 4.69) is 52.3 Å². The second-order valence-electron chi connectivity index (χ2n) is 7.52. The van der Waals surface area contributed by atoms with Gasteiger partial charge in [0.05, 0.1) is 11.6 Å². The van der Waals surface area contributed by atoms with Crippen molar-refractivity contribution >= 4 is 0 Å². The monoisotopic (exact) mass is 331 g/mol. The highest BCUT2D eigenvalue weighted by Crippen LogP contribution is 2.30. The number of fused-ring (bicyclic) bond motifs is 4. The van der Waals surface area contributed by atoms with Crippen molar-refractivity contribution in [2.24, 2.45) is 5.92 Å². The molecule has 0 N–H and O–H groups in total. The van der Waals surface area contributed by atoms with Crippen LogP contribution in [0.2, 0.25) is 0 Å². The summed E-state index contributed by atoms with van der Waals surface area (Å²) in [7, 11) is 0. The maximum atomic E-state index is 9.12. The standard InChI is InChI=1S/C22H25N3/c23-12-19-7-4-8-20(11-19)15-25-16-21-9-10-22(25)17-24(14-21)13-18-5-2-1-3-6-18/h1-8,11,21-22H,9-10,13-17H2/t21-,22+/m0/s1. The lowest BCUT2D eigenvalue weighted by molar-refractivity contribution is 0.123. The lowest BCUT2D eigenvalue weighted by atomic mass is 9.94. The van der Waals surface area contributed by atoms with Crippen LogP contribution in [0.1, 0.15) is 29.5 Å². The van der Waals surface area contributed by atoms with E-state index in [4.69, 9.17) is 5.26 Å². The first kappa shape index (κ1) is 16.3. The molecule has 3 nitrogen and oxygen atoms in total. The number of nitrogens with zero attached hydrogens (tertiary/aromatic N) is 3. The molecule has 0 saturated carbocycles. The van der Waals surface area contributed by atoms with E-state index in [9.17, 15) is 0 Å². The van der Waals surface area contributed by atoms with Gasteiger partial charge in [-0.05, 0) is 42.0 Å². The van der Waals surface area contributed by atoms with Crippen LogP contribution < -0.4 is 0 Å². The molecular weight excluding hydrogens is 306 g/mol. The molecule has 2 atom stereocenters. The average molecular weight is 331 g/mol. The van der Waals surface area contributed by atoms with Crippen LogP contribution >= 0.6 is 0 Å². The van der Waals surface area contributed by atoms with Crippen LogP contribution in [0.5, 0.6) is 0 Å². The van der Waals surface area contributed by atoms with Gasteiger partial charge in [-0.25, -0.2) is 0 Å². The van der Waals surface area contributed by atoms with Gasteiger partial charge in [0.1, 0.15) is 0 Å². The van der Waals surface area contributed by atoms with Crippen molar-refractivity contribution in [3.63, 3.8) is 0 Å². The van der Waals surface area contributed by atoms with Gasteiger partial charge in [-0.1, -0.05) is 42.5 Å². The van der Waals surface area contributed by atoms with Crippen LogP contribution in [0.4, 0.5) is 0 Å². The van der Waals surface area contributed by atoms with Crippen molar-refractivity contribution in [1.82, 2.24) is 9.80 Å². The van der Waals surface area contributed by atoms with E-state index in [0.717, 1.165) is 31.1 Å². The van der Waals surface area contributed by atoms with Gasteiger partial charge in [0.15, 0.2) is 0 Å². The van der Waals surface area contributed by atoms with Gasteiger partial charge in [0.2, 0.25) is 0 Å². The van der Waals surface area contributed by atoms with E-state index in [0.29, 0.717) is 6.04 Å². The second-order valence-corrected chi connectivity index (χ2v) is 7.52. The van der Waals surface area contributed by atoms with E-state index < -0.39 is 0 Å². The number of nitriles is 1. The molecule has 0 unspecified atom stereocenters. The molecule has 3 heterocycles. The fraction of sp³-hybridized carbons (Fsp3) is 0.409. The quantitative estimate of drug-likeness (QED) is 0.856. The molecule has 25 heavy (non-hydrogen) atoms. The molecule has 3 aliphatic rings.